The van der Waals surface area contributed by atoms with Gasteiger partial charge in [-0.3, -0.25) is 4.79 Å². The normalized spacial score (nSPS) is 10.6. The fourth-order valence-electron chi connectivity index (χ4n) is 1.49. The summed E-state index contributed by atoms with van der Waals surface area (Å²) in [5.74, 6) is 0.717. The van der Waals surface area contributed by atoms with Gasteiger partial charge in [0.15, 0.2) is 0 Å². The number of rotatable bonds is 3. The van der Waals surface area contributed by atoms with Crippen molar-refractivity contribution in [2.75, 3.05) is 0 Å². The van der Waals surface area contributed by atoms with Crippen LogP contribution in [0.5, 0.6) is 0 Å². The molecule has 0 fully saturated rings. The highest BCUT2D eigenvalue weighted by Crippen LogP contribution is 2.22. The Morgan fingerprint density at radius 1 is 1.50 bits per heavy atom. The largest absolute Gasteiger partial charge is 0.311 e. The molecule has 0 aromatic carbocycles. The fraction of sp³-hybridized carbons (Fsp3) is 0.273. The van der Waals surface area contributed by atoms with Gasteiger partial charge in [-0.2, -0.15) is 0 Å². The van der Waals surface area contributed by atoms with Crippen LogP contribution < -0.4 is 5.56 Å². The molecule has 0 amide bonds. The number of hydrogen-bond acceptors (Lipinski definition) is 3. The highest BCUT2D eigenvalue weighted by Gasteiger charge is 2.04. The Hall–Kier alpha value is -1.13. The van der Waals surface area contributed by atoms with Gasteiger partial charge in [0.2, 0.25) is 0 Å². The maximum Gasteiger partial charge on any atom is 0.251 e. The van der Waals surface area contributed by atoms with Crippen molar-refractivity contribution in [3.05, 3.63) is 49.3 Å². The molecule has 0 unspecified atom stereocenters. The van der Waals surface area contributed by atoms with E-state index in [1.807, 2.05) is 18.4 Å². The lowest BCUT2D eigenvalue weighted by Gasteiger charge is -2.00. The Morgan fingerprint density at radius 2 is 2.31 bits per heavy atom. The van der Waals surface area contributed by atoms with Crippen molar-refractivity contribution >= 4 is 22.9 Å². The van der Waals surface area contributed by atoms with Crippen molar-refractivity contribution in [1.82, 2.24) is 9.97 Å². The summed E-state index contributed by atoms with van der Waals surface area (Å²) in [5.41, 5.74) is 0.649. The molecule has 2 rings (SSSR count). The first-order valence-corrected chi connectivity index (χ1v) is 6.19. The second-order valence-electron chi connectivity index (χ2n) is 3.53. The van der Waals surface area contributed by atoms with E-state index in [1.54, 1.807) is 11.3 Å². The van der Waals surface area contributed by atoms with Crippen molar-refractivity contribution in [3.63, 3.8) is 0 Å². The second-order valence-corrected chi connectivity index (χ2v) is 4.93. The molecule has 16 heavy (non-hydrogen) atoms. The van der Waals surface area contributed by atoms with Gasteiger partial charge < -0.3 is 4.98 Å². The maximum absolute atomic E-state index is 11.2. The van der Waals surface area contributed by atoms with Crippen LogP contribution in [0.1, 0.15) is 16.4 Å². The van der Waals surface area contributed by atoms with E-state index in [9.17, 15) is 4.79 Å². The lowest BCUT2D eigenvalue weighted by atomic mass is 10.2. The Labute approximate surface area is 102 Å². The Bertz CT molecular complexity index is 547. The number of nitrogens with one attached hydrogen (secondary N) is 1. The summed E-state index contributed by atoms with van der Waals surface area (Å²) in [5, 5.41) is 2.75. The Kier molecular flexibility index (Phi) is 3.41. The van der Waals surface area contributed by atoms with Crippen LogP contribution in [0, 0.1) is 6.92 Å². The zero-order valence-electron chi connectivity index (χ0n) is 8.79. The Morgan fingerprint density at radius 3 is 2.94 bits per heavy atom. The summed E-state index contributed by atoms with van der Waals surface area (Å²) in [6, 6.07) is 3.37. The molecular formula is C11H11ClN2OS. The molecule has 2 aromatic heterocycles. The molecule has 0 aliphatic rings. The van der Waals surface area contributed by atoms with Crippen molar-refractivity contribution in [2.24, 2.45) is 0 Å². The molecule has 0 radical (unpaired) electrons. The number of H-pyrrole nitrogens is 1. The molecule has 0 saturated carbocycles. The molecule has 0 saturated heterocycles. The topological polar surface area (TPSA) is 45.8 Å². The number of thiophene rings is 1. The number of aromatic amines is 1. The average Bonchev–Trinajstić information content (AvgIpc) is 2.59. The zero-order chi connectivity index (χ0) is 11.5. The van der Waals surface area contributed by atoms with Crippen LogP contribution in [0.3, 0.4) is 0 Å². The summed E-state index contributed by atoms with van der Waals surface area (Å²) in [7, 11) is 0. The second kappa shape index (κ2) is 4.80. The number of aryl methyl sites for hydroxylation is 3. The zero-order valence-corrected chi connectivity index (χ0v) is 10.4. The minimum absolute atomic E-state index is 0.0974. The highest BCUT2D eigenvalue weighted by atomic mass is 35.5. The maximum atomic E-state index is 11.2. The van der Waals surface area contributed by atoms with E-state index in [2.05, 4.69) is 9.97 Å². The molecule has 1 N–H and O–H groups in total. The van der Waals surface area contributed by atoms with Crippen LogP contribution in [0.25, 0.3) is 0 Å². The van der Waals surface area contributed by atoms with E-state index in [4.69, 9.17) is 11.6 Å². The number of halogens is 1. The van der Waals surface area contributed by atoms with E-state index in [0.717, 1.165) is 27.8 Å². The summed E-state index contributed by atoms with van der Waals surface area (Å²) in [4.78, 5) is 19.3. The van der Waals surface area contributed by atoms with Crippen LogP contribution in [0.4, 0.5) is 0 Å². The number of aromatic nitrogens is 2. The van der Waals surface area contributed by atoms with Gasteiger partial charge in [-0.1, -0.05) is 11.6 Å². The van der Waals surface area contributed by atoms with Crippen molar-refractivity contribution < 1.29 is 0 Å². The van der Waals surface area contributed by atoms with Crippen LogP contribution in [-0.2, 0) is 12.8 Å². The third-order valence-electron chi connectivity index (χ3n) is 2.20. The Balaban J connectivity index is 2.10. The van der Waals surface area contributed by atoms with E-state index in [1.165, 1.54) is 6.07 Å². The van der Waals surface area contributed by atoms with Gasteiger partial charge in [-0.25, -0.2) is 4.98 Å². The molecule has 84 valence electrons. The summed E-state index contributed by atoms with van der Waals surface area (Å²) >= 11 is 7.61. The predicted molar refractivity (Wildman–Crippen MR) is 66.3 cm³/mol. The molecule has 2 heterocycles. The van der Waals surface area contributed by atoms with Gasteiger partial charge in [-0.15, -0.1) is 11.3 Å². The fourth-order valence-corrected chi connectivity index (χ4v) is 2.63. The van der Waals surface area contributed by atoms with Crippen molar-refractivity contribution in [2.45, 2.75) is 19.8 Å². The first kappa shape index (κ1) is 11.4. The monoisotopic (exact) mass is 254 g/mol. The van der Waals surface area contributed by atoms with Gasteiger partial charge in [0, 0.05) is 23.1 Å². The minimum atomic E-state index is -0.0974. The van der Waals surface area contributed by atoms with Gasteiger partial charge >= 0.3 is 0 Å². The molecular weight excluding hydrogens is 244 g/mol. The number of nitrogens with zero attached hydrogens (tertiary/aromatic N) is 1. The van der Waals surface area contributed by atoms with Crippen molar-refractivity contribution in [3.8, 4) is 0 Å². The van der Waals surface area contributed by atoms with E-state index in [-0.39, 0.29) is 5.56 Å². The third kappa shape index (κ3) is 2.71. The van der Waals surface area contributed by atoms with Crippen LogP contribution in [-0.4, -0.2) is 9.97 Å². The average molecular weight is 255 g/mol. The minimum Gasteiger partial charge on any atom is -0.311 e. The lowest BCUT2D eigenvalue weighted by molar-refractivity contribution is 0.843. The third-order valence-corrected chi connectivity index (χ3v) is 3.65. The standard InChI is InChI=1S/C11H11ClN2OS/c1-7-6-11(15)14-10(13-7)3-2-9-8(12)4-5-16-9/h4-6H,2-3H2,1H3,(H,13,14,15). The van der Waals surface area contributed by atoms with Gasteiger partial charge in [0.1, 0.15) is 5.82 Å². The van der Waals surface area contributed by atoms with Crippen LogP contribution in [0.2, 0.25) is 5.02 Å². The van der Waals surface area contributed by atoms with Crippen LogP contribution >= 0.6 is 22.9 Å². The highest BCUT2D eigenvalue weighted by molar-refractivity contribution is 7.10. The molecule has 0 aliphatic heterocycles. The smallest absolute Gasteiger partial charge is 0.251 e. The van der Waals surface area contributed by atoms with E-state index < -0.39 is 0 Å². The molecule has 0 aliphatic carbocycles. The van der Waals surface area contributed by atoms with E-state index in [0.29, 0.717) is 6.42 Å². The summed E-state index contributed by atoms with van der Waals surface area (Å²) in [6.07, 6.45) is 1.51. The first-order valence-electron chi connectivity index (χ1n) is 4.94. The molecule has 0 atom stereocenters. The van der Waals surface area contributed by atoms with Gasteiger partial charge in [-0.05, 0) is 24.8 Å². The summed E-state index contributed by atoms with van der Waals surface area (Å²) < 4.78 is 0. The first-order chi connectivity index (χ1) is 7.65. The van der Waals surface area contributed by atoms with Crippen LogP contribution in [0.15, 0.2) is 22.3 Å². The molecule has 0 bridgehead atoms. The van der Waals surface area contributed by atoms with E-state index >= 15 is 0 Å². The lowest BCUT2D eigenvalue weighted by Crippen LogP contribution is -2.11. The van der Waals surface area contributed by atoms with Gasteiger partial charge in [0.05, 0.1) is 5.02 Å². The molecule has 5 heteroatoms. The summed E-state index contributed by atoms with van der Waals surface area (Å²) in [6.45, 7) is 1.82. The van der Waals surface area contributed by atoms with Gasteiger partial charge in [0.25, 0.3) is 5.56 Å². The SMILES string of the molecule is Cc1cc(=O)[nH]c(CCc2sccc2Cl)n1. The molecule has 0 spiro atoms. The van der Waals surface area contributed by atoms with Crippen molar-refractivity contribution in [1.29, 1.82) is 0 Å². The number of hydrogen-bond donors (Lipinski definition) is 1. The molecule has 3 nitrogen and oxygen atoms in total. The predicted octanol–water partition coefficient (Wildman–Crippen LogP) is 2.58. The molecule has 2 aromatic rings. The quantitative estimate of drug-likeness (QED) is 0.915.